The maximum Gasteiger partial charge on any atom is 0.261 e. The van der Waals surface area contributed by atoms with E-state index in [2.05, 4.69) is 11.2 Å². The highest BCUT2D eigenvalue weighted by Crippen LogP contribution is 2.39. The van der Waals surface area contributed by atoms with E-state index >= 15 is 0 Å². The Hall–Kier alpha value is -1.16. The lowest BCUT2D eigenvalue weighted by molar-refractivity contribution is -0.137. The Morgan fingerprint density at radius 3 is 2.67 bits per heavy atom. The number of piperidine rings is 1. The molecule has 1 aromatic rings. The van der Waals surface area contributed by atoms with Crippen molar-refractivity contribution in [1.29, 1.82) is 0 Å². The first kappa shape index (κ1) is 14.8. The van der Waals surface area contributed by atoms with Crippen molar-refractivity contribution in [3.8, 4) is 5.75 Å². The predicted molar refractivity (Wildman–Crippen MR) is 86.9 cm³/mol. The molecule has 2 aliphatic heterocycles. The number of thioether (sulfide) groups is 1. The van der Waals surface area contributed by atoms with Crippen LogP contribution in [0.1, 0.15) is 31.2 Å². The summed E-state index contributed by atoms with van der Waals surface area (Å²) in [5, 5.41) is 0.726. The molecular formula is C17H23NO2S. The third kappa shape index (κ3) is 3.20. The summed E-state index contributed by atoms with van der Waals surface area (Å²) in [5.74, 6) is 0.943. The lowest BCUT2D eigenvalue weighted by Gasteiger charge is -2.38. The Labute approximate surface area is 131 Å². The summed E-state index contributed by atoms with van der Waals surface area (Å²) in [5.41, 5.74) is 1.15. The van der Waals surface area contributed by atoms with Crippen molar-refractivity contribution in [2.45, 2.75) is 49.9 Å². The molecule has 2 fully saturated rings. The van der Waals surface area contributed by atoms with Crippen LogP contribution in [0.4, 0.5) is 0 Å². The molecule has 2 bridgehead atoms. The maximum absolute atomic E-state index is 12.5. The molecule has 4 heteroatoms. The van der Waals surface area contributed by atoms with Crippen LogP contribution >= 0.6 is 11.8 Å². The molecular weight excluding hydrogens is 282 g/mol. The zero-order valence-electron chi connectivity index (χ0n) is 12.7. The minimum absolute atomic E-state index is 0.156. The molecule has 3 rings (SSSR count). The van der Waals surface area contributed by atoms with E-state index in [4.69, 9.17) is 4.74 Å². The number of hydrogen-bond acceptors (Lipinski definition) is 3. The Kier molecular flexibility index (Phi) is 4.43. The van der Waals surface area contributed by atoms with Crippen LogP contribution in [0.5, 0.6) is 5.75 Å². The van der Waals surface area contributed by atoms with Crippen molar-refractivity contribution < 1.29 is 9.53 Å². The largest absolute Gasteiger partial charge is 0.484 e. The number of rotatable bonds is 4. The molecule has 2 aliphatic rings. The summed E-state index contributed by atoms with van der Waals surface area (Å²) in [4.78, 5) is 14.6. The molecule has 2 atom stereocenters. The monoisotopic (exact) mass is 305 g/mol. The lowest BCUT2D eigenvalue weighted by Crippen LogP contribution is -2.49. The fourth-order valence-corrected chi connectivity index (χ4v) is 4.48. The minimum atomic E-state index is 0.156. The molecule has 2 heterocycles. The van der Waals surface area contributed by atoms with Crippen molar-refractivity contribution >= 4 is 17.7 Å². The highest BCUT2D eigenvalue weighted by atomic mass is 32.2. The summed E-state index contributed by atoms with van der Waals surface area (Å²) < 4.78 is 5.68. The van der Waals surface area contributed by atoms with Crippen LogP contribution in [0.25, 0.3) is 0 Å². The van der Waals surface area contributed by atoms with Crippen LogP contribution in [0.3, 0.4) is 0 Å². The number of aryl methyl sites for hydroxylation is 1. The Balaban J connectivity index is 1.59. The zero-order chi connectivity index (χ0) is 14.8. The van der Waals surface area contributed by atoms with Crippen molar-refractivity contribution in [3.63, 3.8) is 0 Å². The van der Waals surface area contributed by atoms with E-state index in [9.17, 15) is 4.79 Å². The number of carbonyl (C=O) groups is 1. The number of amides is 1. The van der Waals surface area contributed by atoms with Crippen LogP contribution in [-0.4, -0.2) is 41.0 Å². The average molecular weight is 305 g/mol. The van der Waals surface area contributed by atoms with Crippen LogP contribution in [0, 0.1) is 6.92 Å². The minimum Gasteiger partial charge on any atom is -0.484 e. The zero-order valence-corrected chi connectivity index (χ0v) is 13.6. The normalized spacial score (nSPS) is 27.7. The highest BCUT2D eigenvalue weighted by Gasteiger charge is 2.42. The van der Waals surface area contributed by atoms with Gasteiger partial charge in [-0.15, -0.1) is 0 Å². The van der Waals surface area contributed by atoms with Crippen molar-refractivity contribution in [2.24, 2.45) is 0 Å². The van der Waals surface area contributed by atoms with Gasteiger partial charge in [0.05, 0.1) is 0 Å². The molecule has 0 radical (unpaired) electrons. The third-order valence-corrected chi connectivity index (χ3v) is 5.71. The van der Waals surface area contributed by atoms with Gasteiger partial charge in [0.1, 0.15) is 5.75 Å². The second-order valence-corrected chi connectivity index (χ2v) is 7.26. The highest BCUT2D eigenvalue weighted by molar-refractivity contribution is 7.99. The van der Waals surface area contributed by atoms with Crippen molar-refractivity contribution in [3.05, 3.63) is 29.8 Å². The SMILES string of the molecule is CSC1CC2CCC(C1)N2C(=O)COc1cccc(C)c1. The van der Waals surface area contributed by atoms with E-state index in [1.165, 1.54) is 0 Å². The number of ether oxygens (including phenoxy) is 1. The van der Waals surface area contributed by atoms with E-state index in [-0.39, 0.29) is 12.5 Å². The number of hydrogen-bond donors (Lipinski definition) is 0. The van der Waals surface area contributed by atoms with Gasteiger partial charge in [0.25, 0.3) is 5.91 Å². The van der Waals surface area contributed by atoms with Crippen molar-refractivity contribution in [2.75, 3.05) is 12.9 Å². The predicted octanol–water partition coefficient (Wildman–Crippen LogP) is 3.26. The molecule has 0 aliphatic carbocycles. The molecule has 3 nitrogen and oxygen atoms in total. The quantitative estimate of drug-likeness (QED) is 0.855. The van der Waals surface area contributed by atoms with E-state index < -0.39 is 0 Å². The van der Waals surface area contributed by atoms with Gasteiger partial charge in [0.15, 0.2) is 6.61 Å². The fourth-order valence-electron chi connectivity index (χ4n) is 3.65. The number of benzene rings is 1. The Morgan fingerprint density at radius 1 is 1.33 bits per heavy atom. The summed E-state index contributed by atoms with van der Waals surface area (Å²) >= 11 is 1.95. The number of carbonyl (C=O) groups excluding carboxylic acids is 1. The second-order valence-electron chi connectivity index (χ2n) is 6.12. The van der Waals surface area contributed by atoms with Crippen LogP contribution in [0.2, 0.25) is 0 Å². The smallest absolute Gasteiger partial charge is 0.261 e. The molecule has 2 unspecified atom stereocenters. The molecule has 0 aromatic heterocycles. The number of nitrogens with zero attached hydrogens (tertiary/aromatic N) is 1. The van der Waals surface area contributed by atoms with Crippen molar-refractivity contribution in [1.82, 2.24) is 4.90 Å². The van der Waals surface area contributed by atoms with Crippen LogP contribution < -0.4 is 4.74 Å². The van der Waals surface area contributed by atoms with Gasteiger partial charge in [-0.05, 0) is 56.6 Å². The second kappa shape index (κ2) is 6.30. The van der Waals surface area contributed by atoms with Gasteiger partial charge in [-0.1, -0.05) is 12.1 Å². The lowest BCUT2D eigenvalue weighted by atomic mass is 10.0. The van der Waals surface area contributed by atoms with Crippen LogP contribution in [-0.2, 0) is 4.79 Å². The Morgan fingerprint density at radius 2 is 2.05 bits per heavy atom. The van der Waals surface area contributed by atoms with Gasteiger partial charge >= 0.3 is 0 Å². The Bertz CT molecular complexity index is 505. The standard InChI is InChI=1S/C17H23NO2S/c1-12-4-3-5-15(8-12)20-11-17(19)18-13-6-7-14(18)10-16(9-13)21-2/h3-5,8,13-14,16H,6-7,9-11H2,1-2H3. The van der Waals surface area contributed by atoms with Crippen LogP contribution in [0.15, 0.2) is 24.3 Å². The topological polar surface area (TPSA) is 29.5 Å². The van der Waals surface area contributed by atoms with Gasteiger partial charge < -0.3 is 9.64 Å². The summed E-state index contributed by atoms with van der Waals surface area (Å²) in [6.07, 6.45) is 6.81. The summed E-state index contributed by atoms with van der Waals surface area (Å²) in [7, 11) is 0. The van der Waals surface area contributed by atoms with Gasteiger partial charge in [0, 0.05) is 17.3 Å². The molecule has 114 valence electrons. The van der Waals surface area contributed by atoms with Gasteiger partial charge in [-0.3, -0.25) is 4.79 Å². The molecule has 1 amide bonds. The maximum atomic E-state index is 12.5. The fraction of sp³-hybridized carbons (Fsp3) is 0.588. The molecule has 0 N–H and O–H groups in total. The van der Waals surface area contributed by atoms with E-state index in [0.717, 1.165) is 42.2 Å². The molecule has 2 saturated heterocycles. The first-order valence-corrected chi connectivity index (χ1v) is 8.99. The molecule has 21 heavy (non-hydrogen) atoms. The van der Waals surface area contributed by atoms with Gasteiger partial charge in [-0.25, -0.2) is 0 Å². The average Bonchev–Trinajstić information content (AvgIpc) is 2.75. The summed E-state index contributed by atoms with van der Waals surface area (Å²) in [6, 6.07) is 8.76. The number of fused-ring (bicyclic) bond motifs is 2. The van der Waals surface area contributed by atoms with Gasteiger partial charge in [-0.2, -0.15) is 11.8 Å². The molecule has 0 saturated carbocycles. The summed E-state index contributed by atoms with van der Waals surface area (Å²) in [6.45, 7) is 2.20. The molecule has 1 aromatic carbocycles. The van der Waals surface area contributed by atoms with Gasteiger partial charge in [0.2, 0.25) is 0 Å². The first-order valence-electron chi connectivity index (χ1n) is 7.71. The third-order valence-electron chi connectivity index (χ3n) is 4.66. The first-order chi connectivity index (χ1) is 10.2. The van der Waals surface area contributed by atoms with E-state index in [1.807, 2.05) is 43.0 Å². The van der Waals surface area contributed by atoms with E-state index in [1.54, 1.807) is 0 Å². The molecule has 0 spiro atoms. The van der Waals surface area contributed by atoms with E-state index in [0.29, 0.717) is 12.1 Å².